The molecule has 0 bridgehead atoms. The lowest BCUT2D eigenvalue weighted by Crippen LogP contribution is -2.23. The molecule has 0 radical (unpaired) electrons. The van der Waals surface area contributed by atoms with Crippen molar-refractivity contribution in [2.75, 3.05) is 19.8 Å². The van der Waals surface area contributed by atoms with E-state index in [1.165, 1.54) is 18.2 Å². The van der Waals surface area contributed by atoms with Crippen LogP contribution in [0, 0.1) is 11.6 Å². The van der Waals surface area contributed by atoms with Gasteiger partial charge in [-0.3, -0.25) is 4.79 Å². The van der Waals surface area contributed by atoms with Crippen molar-refractivity contribution in [3.05, 3.63) is 65.2 Å². The normalized spacial score (nSPS) is 13.0. The molecule has 0 unspecified atom stereocenters. The Morgan fingerprint density at radius 3 is 2.52 bits per heavy atom. The smallest absolute Gasteiger partial charge is 0.244 e. The Labute approximate surface area is 144 Å². The van der Waals surface area contributed by atoms with E-state index in [0.717, 1.165) is 11.6 Å². The fourth-order valence-corrected chi connectivity index (χ4v) is 2.48. The highest BCUT2D eigenvalue weighted by atomic mass is 19.1. The number of carbonyl (C=O) groups excluding carboxylic acids is 1. The molecule has 1 amide bonds. The Morgan fingerprint density at radius 1 is 1.04 bits per heavy atom. The zero-order valence-electron chi connectivity index (χ0n) is 13.4. The van der Waals surface area contributed by atoms with Crippen LogP contribution >= 0.6 is 0 Å². The lowest BCUT2D eigenvalue weighted by molar-refractivity contribution is -0.116. The van der Waals surface area contributed by atoms with E-state index in [4.69, 9.17) is 9.47 Å². The van der Waals surface area contributed by atoms with E-state index in [0.29, 0.717) is 36.7 Å². The summed E-state index contributed by atoms with van der Waals surface area (Å²) in [4.78, 5) is 11.8. The van der Waals surface area contributed by atoms with Crippen LogP contribution in [0.25, 0.3) is 6.08 Å². The van der Waals surface area contributed by atoms with Crippen LogP contribution in [-0.2, 0) is 11.2 Å². The third kappa shape index (κ3) is 4.79. The van der Waals surface area contributed by atoms with E-state index in [1.54, 1.807) is 18.2 Å². The SMILES string of the molecule is O=C(/C=C/c1ccc2c(c1)OCCO2)NCCc1cc(F)cc(F)c1. The highest BCUT2D eigenvalue weighted by molar-refractivity contribution is 5.91. The molecule has 6 heteroatoms. The second-order valence-electron chi connectivity index (χ2n) is 5.56. The summed E-state index contributed by atoms with van der Waals surface area (Å²) >= 11 is 0. The van der Waals surface area contributed by atoms with Gasteiger partial charge in [-0.1, -0.05) is 6.07 Å². The number of benzene rings is 2. The maximum Gasteiger partial charge on any atom is 0.244 e. The van der Waals surface area contributed by atoms with Crippen molar-refractivity contribution in [1.29, 1.82) is 0 Å². The molecule has 0 atom stereocenters. The van der Waals surface area contributed by atoms with Crippen molar-refractivity contribution in [3.8, 4) is 11.5 Å². The first-order valence-electron chi connectivity index (χ1n) is 7.91. The average Bonchev–Trinajstić information content (AvgIpc) is 2.59. The van der Waals surface area contributed by atoms with Crippen LogP contribution in [0.1, 0.15) is 11.1 Å². The van der Waals surface area contributed by atoms with Crippen molar-refractivity contribution in [1.82, 2.24) is 5.32 Å². The number of carbonyl (C=O) groups is 1. The largest absolute Gasteiger partial charge is 0.486 e. The Morgan fingerprint density at radius 2 is 1.76 bits per heavy atom. The maximum absolute atomic E-state index is 13.1. The van der Waals surface area contributed by atoms with E-state index >= 15 is 0 Å². The second kappa shape index (κ2) is 7.79. The van der Waals surface area contributed by atoms with Crippen LogP contribution in [-0.4, -0.2) is 25.7 Å². The van der Waals surface area contributed by atoms with E-state index < -0.39 is 11.6 Å². The molecule has 0 aliphatic carbocycles. The summed E-state index contributed by atoms with van der Waals surface area (Å²) in [6, 6.07) is 8.74. The summed E-state index contributed by atoms with van der Waals surface area (Å²) in [6.07, 6.45) is 3.41. The summed E-state index contributed by atoms with van der Waals surface area (Å²) in [7, 11) is 0. The summed E-state index contributed by atoms with van der Waals surface area (Å²) in [5.41, 5.74) is 1.31. The first-order valence-corrected chi connectivity index (χ1v) is 7.91. The molecule has 130 valence electrons. The Hall–Kier alpha value is -2.89. The Bertz CT molecular complexity index is 785. The second-order valence-corrected chi connectivity index (χ2v) is 5.56. The van der Waals surface area contributed by atoms with Crippen molar-refractivity contribution in [2.45, 2.75) is 6.42 Å². The van der Waals surface area contributed by atoms with Gasteiger partial charge in [0.05, 0.1) is 0 Å². The average molecular weight is 345 g/mol. The van der Waals surface area contributed by atoms with E-state index in [9.17, 15) is 13.6 Å². The molecule has 1 aliphatic heterocycles. The molecule has 25 heavy (non-hydrogen) atoms. The van der Waals surface area contributed by atoms with Crippen molar-refractivity contribution in [3.63, 3.8) is 0 Å². The Kier molecular flexibility index (Phi) is 5.28. The molecular formula is C19H17F2NO3. The number of nitrogens with one attached hydrogen (secondary N) is 1. The van der Waals surface area contributed by atoms with Crippen LogP contribution in [0.15, 0.2) is 42.5 Å². The minimum Gasteiger partial charge on any atom is -0.486 e. The minimum atomic E-state index is -0.625. The van der Waals surface area contributed by atoms with Gasteiger partial charge in [-0.05, 0) is 47.9 Å². The van der Waals surface area contributed by atoms with E-state index in [1.807, 2.05) is 6.07 Å². The highest BCUT2D eigenvalue weighted by Gasteiger charge is 2.10. The van der Waals surface area contributed by atoms with Crippen LogP contribution in [0.5, 0.6) is 11.5 Å². The lowest BCUT2D eigenvalue weighted by Gasteiger charge is -2.18. The molecule has 2 aromatic rings. The number of hydrogen-bond acceptors (Lipinski definition) is 3. The maximum atomic E-state index is 13.1. The van der Waals surface area contributed by atoms with E-state index in [-0.39, 0.29) is 12.5 Å². The van der Waals surface area contributed by atoms with Gasteiger partial charge in [0, 0.05) is 18.7 Å². The molecule has 1 aliphatic rings. The standard InChI is InChI=1S/C19H17F2NO3/c20-15-9-14(10-16(21)12-15)5-6-22-19(23)4-2-13-1-3-17-18(11-13)25-8-7-24-17/h1-4,9-12H,5-8H2,(H,22,23)/b4-2+. The number of halogens is 2. The van der Waals surface area contributed by atoms with E-state index in [2.05, 4.69) is 5.32 Å². The minimum absolute atomic E-state index is 0.285. The molecule has 0 saturated carbocycles. The predicted octanol–water partition coefficient (Wildman–Crippen LogP) is 3.11. The van der Waals surface area contributed by atoms with Gasteiger partial charge in [0.2, 0.25) is 5.91 Å². The van der Waals surface area contributed by atoms with Crippen LogP contribution in [0.3, 0.4) is 0 Å². The monoisotopic (exact) mass is 345 g/mol. The molecule has 2 aromatic carbocycles. The van der Waals surface area contributed by atoms with Gasteiger partial charge < -0.3 is 14.8 Å². The fraction of sp³-hybridized carbons (Fsp3) is 0.211. The molecule has 3 rings (SSSR count). The predicted molar refractivity (Wildman–Crippen MR) is 89.5 cm³/mol. The van der Waals surface area contributed by atoms with Gasteiger partial charge in [0.25, 0.3) is 0 Å². The van der Waals surface area contributed by atoms with Crippen LogP contribution < -0.4 is 14.8 Å². The number of ether oxygens (including phenoxy) is 2. The molecule has 4 nitrogen and oxygen atoms in total. The molecule has 0 fully saturated rings. The first kappa shape index (κ1) is 17.0. The number of hydrogen-bond donors (Lipinski definition) is 1. The summed E-state index contributed by atoms with van der Waals surface area (Å²) in [5, 5.41) is 2.68. The molecule has 1 heterocycles. The molecule has 0 aromatic heterocycles. The topological polar surface area (TPSA) is 47.6 Å². The molecule has 0 spiro atoms. The number of fused-ring (bicyclic) bond motifs is 1. The summed E-state index contributed by atoms with van der Waals surface area (Å²) in [5.74, 6) is -0.191. The van der Waals surface area contributed by atoms with Crippen LogP contribution in [0.2, 0.25) is 0 Å². The van der Waals surface area contributed by atoms with Crippen molar-refractivity contribution >= 4 is 12.0 Å². The summed E-state index contributed by atoms with van der Waals surface area (Å²) in [6.45, 7) is 1.31. The highest BCUT2D eigenvalue weighted by Crippen LogP contribution is 2.31. The Balaban J connectivity index is 1.51. The van der Waals surface area contributed by atoms with Gasteiger partial charge in [-0.2, -0.15) is 0 Å². The lowest BCUT2D eigenvalue weighted by atomic mass is 10.1. The molecule has 0 saturated heterocycles. The summed E-state index contributed by atoms with van der Waals surface area (Å²) < 4.78 is 37.1. The van der Waals surface area contributed by atoms with Gasteiger partial charge in [0.1, 0.15) is 24.8 Å². The zero-order valence-corrected chi connectivity index (χ0v) is 13.4. The zero-order chi connectivity index (χ0) is 17.6. The van der Waals surface area contributed by atoms with Crippen LogP contribution in [0.4, 0.5) is 8.78 Å². The number of rotatable bonds is 5. The quantitative estimate of drug-likeness (QED) is 0.847. The van der Waals surface area contributed by atoms with Gasteiger partial charge in [-0.15, -0.1) is 0 Å². The van der Waals surface area contributed by atoms with Crippen molar-refractivity contribution < 1.29 is 23.0 Å². The van der Waals surface area contributed by atoms with Crippen molar-refractivity contribution in [2.24, 2.45) is 0 Å². The molecule has 1 N–H and O–H groups in total. The molecular weight excluding hydrogens is 328 g/mol. The van der Waals surface area contributed by atoms with Gasteiger partial charge in [-0.25, -0.2) is 8.78 Å². The fourth-order valence-electron chi connectivity index (χ4n) is 2.48. The van der Waals surface area contributed by atoms with Gasteiger partial charge in [0.15, 0.2) is 11.5 Å². The van der Waals surface area contributed by atoms with Gasteiger partial charge >= 0.3 is 0 Å². The number of amides is 1. The first-order chi connectivity index (χ1) is 12.1. The third-order valence-electron chi connectivity index (χ3n) is 3.63. The third-order valence-corrected chi connectivity index (χ3v) is 3.63.